The molecule has 1 N–H and O–H groups in total. The van der Waals surface area contributed by atoms with Crippen LogP contribution >= 0.6 is 0 Å². The molecule has 0 aromatic carbocycles. The van der Waals surface area contributed by atoms with E-state index < -0.39 is 16.4 Å². The first kappa shape index (κ1) is 22.8. The molecule has 1 aliphatic heterocycles. The standard InChI is InChI=1S/C23H34FN5O3S/c1-2-19-13-29-22(25-26-23(29)27-33(30,31)28-14-20(24)15-28)12-21(19)32-8-4-7-18-10-16-5-3-6-17(9-16)11-18/h12-13,16-18,20H,2-11,14-15H2,1H3,(H,26,27). The molecule has 2 saturated carbocycles. The number of anilines is 1. The first-order valence-corrected chi connectivity index (χ1v) is 13.8. The van der Waals surface area contributed by atoms with Gasteiger partial charge in [-0.15, -0.1) is 10.2 Å². The fourth-order valence-corrected chi connectivity index (χ4v) is 7.07. The van der Waals surface area contributed by atoms with Gasteiger partial charge in [0.05, 0.1) is 6.61 Å². The van der Waals surface area contributed by atoms with Crippen LogP contribution in [0, 0.1) is 17.8 Å². The molecule has 2 bridgehead atoms. The molecule has 3 fully saturated rings. The van der Waals surface area contributed by atoms with Gasteiger partial charge in [0.25, 0.3) is 0 Å². The maximum absolute atomic E-state index is 13.1. The van der Waals surface area contributed by atoms with E-state index >= 15 is 0 Å². The zero-order chi connectivity index (χ0) is 23.0. The van der Waals surface area contributed by atoms with Gasteiger partial charge in [0.15, 0.2) is 5.65 Å². The van der Waals surface area contributed by atoms with E-state index in [-0.39, 0.29) is 19.0 Å². The zero-order valence-electron chi connectivity index (χ0n) is 19.2. The van der Waals surface area contributed by atoms with Crippen molar-refractivity contribution >= 4 is 21.8 Å². The van der Waals surface area contributed by atoms with E-state index in [1.54, 1.807) is 4.40 Å². The molecule has 2 aromatic heterocycles. The summed E-state index contributed by atoms with van der Waals surface area (Å²) >= 11 is 0. The SMILES string of the molecule is CCc1cn2c(NS(=O)(=O)N3CC(F)C3)nnc2cc1OCCCC1CC2CCCC(C1)C2. The highest BCUT2D eigenvalue weighted by molar-refractivity contribution is 7.90. The second-order valence-electron chi connectivity index (χ2n) is 10.0. The molecular formula is C23H34FN5O3S. The molecule has 10 heteroatoms. The van der Waals surface area contributed by atoms with E-state index in [2.05, 4.69) is 14.9 Å². The average molecular weight is 480 g/mol. The topological polar surface area (TPSA) is 88.8 Å². The summed E-state index contributed by atoms with van der Waals surface area (Å²) < 4.78 is 49.1. The summed E-state index contributed by atoms with van der Waals surface area (Å²) in [6, 6.07) is 1.82. The summed E-state index contributed by atoms with van der Waals surface area (Å²) in [7, 11) is -3.85. The first-order valence-electron chi connectivity index (χ1n) is 12.3. The van der Waals surface area contributed by atoms with E-state index in [9.17, 15) is 12.8 Å². The Morgan fingerprint density at radius 2 is 1.94 bits per heavy atom. The van der Waals surface area contributed by atoms with E-state index in [1.807, 2.05) is 19.2 Å². The molecule has 0 amide bonds. The van der Waals surface area contributed by atoms with Gasteiger partial charge in [-0.3, -0.25) is 4.40 Å². The van der Waals surface area contributed by atoms with Crippen molar-refractivity contribution in [3.8, 4) is 5.75 Å². The third-order valence-electron chi connectivity index (χ3n) is 7.57. The summed E-state index contributed by atoms with van der Waals surface area (Å²) in [5.41, 5.74) is 1.47. The van der Waals surface area contributed by atoms with Gasteiger partial charge >= 0.3 is 10.2 Å². The smallest absolute Gasteiger partial charge is 0.304 e. The third-order valence-corrected chi connectivity index (χ3v) is 8.99. The number of hydrogen-bond donors (Lipinski definition) is 1. The minimum Gasteiger partial charge on any atom is -0.493 e. The van der Waals surface area contributed by atoms with Crippen LogP contribution in [0.4, 0.5) is 10.3 Å². The maximum Gasteiger partial charge on any atom is 0.304 e. The van der Waals surface area contributed by atoms with Gasteiger partial charge in [0, 0.05) is 30.9 Å². The molecule has 182 valence electrons. The van der Waals surface area contributed by atoms with Gasteiger partial charge in [0.2, 0.25) is 5.95 Å². The van der Waals surface area contributed by atoms with Crippen LogP contribution < -0.4 is 9.46 Å². The number of fused-ring (bicyclic) bond motifs is 3. The fourth-order valence-electron chi connectivity index (χ4n) is 5.85. The number of aromatic nitrogens is 3. The summed E-state index contributed by atoms with van der Waals surface area (Å²) in [4.78, 5) is 0. The Morgan fingerprint density at radius 3 is 2.64 bits per heavy atom. The lowest BCUT2D eigenvalue weighted by atomic mass is 9.67. The third kappa shape index (κ3) is 4.96. The van der Waals surface area contributed by atoms with Crippen LogP contribution in [-0.4, -0.2) is 53.2 Å². The van der Waals surface area contributed by atoms with Crippen molar-refractivity contribution < 1.29 is 17.5 Å². The lowest BCUT2D eigenvalue weighted by Gasteiger charge is -2.39. The van der Waals surface area contributed by atoms with E-state index in [0.29, 0.717) is 12.3 Å². The summed E-state index contributed by atoms with van der Waals surface area (Å²) in [5, 5.41) is 8.09. The molecule has 2 atom stereocenters. The second kappa shape index (κ2) is 9.37. The molecule has 0 spiro atoms. The van der Waals surface area contributed by atoms with Crippen molar-refractivity contribution in [2.75, 3.05) is 24.4 Å². The van der Waals surface area contributed by atoms with Gasteiger partial charge in [-0.05, 0) is 56.3 Å². The quantitative estimate of drug-likeness (QED) is 0.550. The van der Waals surface area contributed by atoms with E-state index in [4.69, 9.17) is 4.74 Å². The number of rotatable bonds is 9. The number of aryl methyl sites for hydroxylation is 1. The van der Waals surface area contributed by atoms with Crippen molar-refractivity contribution in [3.05, 3.63) is 17.8 Å². The van der Waals surface area contributed by atoms with Crippen LogP contribution in [0.15, 0.2) is 12.3 Å². The molecule has 5 rings (SSSR count). The van der Waals surface area contributed by atoms with Crippen LogP contribution in [0.25, 0.3) is 5.65 Å². The van der Waals surface area contributed by atoms with Crippen molar-refractivity contribution in [1.29, 1.82) is 0 Å². The number of pyridine rings is 1. The molecule has 3 aliphatic rings. The number of hydrogen-bond acceptors (Lipinski definition) is 5. The van der Waals surface area contributed by atoms with Gasteiger partial charge in [-0.2, -0.15) is 12.7 Å². The summed E-state index contributed by atoms with van der Waals surface area (Å²) in [6.45, 7) is 2.44. The van der Waals surface area contributed by atoms with E-state index in [0.717, 1.165) is 46.2 Å². The number of nitrogens with zero attached hydrogens (tertiary/aromatic N) is 4. The van der Waals surface area contributed by atoms with Crippen molar-refractivity contribution in [1.82, 2.24) is 18.9 Å². The van der Waals surface area contributed by atoms with Gasteiger partial charge in [-0.25, -0.2) is 9.11 Å². The van der Waals surface area contributed by atoms with Crippen LogP contribution in [0.2, 0.25) is 0 Å². The molecule has 2 aliphatic carbocycles. The highest BCUT2D eigenvalue weighted by Gasteiger charge is 2.36. The fraction of sp³-hybridized carbons (Fsp3) is 0.739. The van der Waals surface area contributed by atoms with Crippen LogP contribution in [0.3, 0.4) is 0 Å². The Hall–Kier alpha value is -1.94. The Bertz CT molecular complexity index is 1070. The van der Waals surface area contributed by atoms with Crippen molar-refractivity contribution in [2.24, 2.45) is 17.8 Å². The van der Waals surface area contributed by atoms with Crippen LogP contribution in [0.5, 0.6) is 5.75 Å². The predicted octanol–water partition coefficient (Wildman–Crippen LogP) is 3.98. The molecule has 3 heterocycles. The molecular weight excluding hydrogens is 445 g/mol. The largest absolute Gasteiger partial charge is 0.493 e. The molecule has 2 unspecified atom stereocenters. The monoisotopic (exact) mass is 479 g/mol. The number of ether oxygens (including phenoxy) is 1. The normalized spacial score (nSPS) is 26.3. The number of nitrogens with one attached hydrogen (secondary N) is 1. The number of alkyl halides is 1. The second-order valence-corrected chi connectivity index (χ2v) is 11.7. The average Bonchev–Trinajstić information content (AvgIpc) is 3.14. The molecule has 0 radical (unpaired) electrons. The molecule has 8 nitrogen and oxygen atoms in total. The highest BCUT2D eigenvalue weighted by atomic mass is 32.2. The van der Waals surface area contributed by atoms with Gasteiger partial charge in [-0.1, -0.05) is 26.2 Å². The van der Waals surface area contributed by atoms with Gasteiger partial charge < -0.3 is 4.74 Å². The summed E-state index contributed by atoms with van der Waals surface area (Å²) in [5.74, 6) is 3.62. The maximum atomic E-state index is 13.1. The molecule has 2 aromatic rings. The Labute approximate surface area is 195 Å². The van der Waals surface area contributed by atoms with E-state index in [1.165, 1.54) is 44.9 Å². The highest BCUT2D eigenvalue weighted by Crippen LogP contribution is 2.43. The minimum absolute atomic E-state index is 0.0939. The number of halogens is 1. The summed E-state index contributed by atoms with van der Waals surface area (Å²) in [6.07, 6.45) is 12.2. The lowest BCUT2D eigenvalue weighted by Crippen LogP contribution is -2.53. The van der Waals surface area contributed by atoms with Crippen molar-refractivity contribution in [2.45, 2.75) is 70.9 Å². The molecule has 1 saturated heterocycles. The Kier molecular flexibility index (Phi) is 6.48. The Morgan fingerprint density at radius 1 is 1.18 bits per heavy atom. The Balaban J connectivity index is 1.20. The van der Waals surface area contributed by atoms with Crippen LogP contribution in [-0.2, 0) is 16.6 Å². The van der Waals surface area contributed by atoms with Gasteiger partial charge in [0.1, 0.15) is 11.9 Å². The lowest BCUT2D eigenvalue weighted by molar-refractivity contribution is 0.127. The predicted molar refractivity (Wildman–Crippen MR) is 124 cm³/mol. The first-order chi connectivity index (χ1) is 15.9. The van der Waals surface area contributed by atoms with Crippen LogP contribution in [0.1, 0.15) is 63.9 Å². The zero-order valence-corrected chi connectivity index (χ0v) is 20.1. The molecule has 33 heavy (non-hydrogen) atoms. The minimum atomic E-state index is -3.85. The van der Waals surface area contributed by atoms with Crippen molar-refractivity contribution in [3.63, 3.8) is 0 Å².